The molecule has 1 amide bonds. The van der Waals surface area contributed by atoms with Crippen LogP contribution in [0.3, 0.4) is 0 Å². The first-order valence-corrected chi connectivity index (χ1v) is 6.95. The van der Waals surface area contributed by atoms with E-state index < -0.39 is 0 Å². The Morgan fingerprint density at radius 1 is 1.60 bits per heavy atom. The molecule has 1 fully saturated rings. The lowest BCUT2D eigenvalue weighted by Gasteiger charge is -2.37. The number of amides is 1. The van der Waals surface area contributed by atoms with E-state index in [1.165, 1.54) is 13.2 Å². The van der Waals surface area contributed by atoms with Crippen molar-refractivity contribution in [1.82, 2.24) is 4.90 Å². The first kappa shape index (κ1) is 14.9. The number of hydrogen-bond donors (Lipinski definition) is 1. The number of carbonyl (C=O) groups excluding carboxylic acids is 1. The second kappa shape index (κ2) is 6.33. The van der Waals surface area contributed by atoms with Gasteiger partial charge in [-0.05, 0) is 25.1 Å². The van der Waals surface area contributed by atoms with E-state index in [0.717, 1.165) is 0 Å². The Bertz CT molecular complexity index is 494. The summed E-state index contributed by atoms with van der Waals surface area (Å²) in [5.41, 5.74) is 0.422. The first-order valence-electron chi connectivity index (χ1n) is 6.42. The van der Waals surface area contributed by atoms with Crippen LogP contribution >= 0.6 is 11.6 Å². The second-order valence-electron chi connectivity index (χ2n) is 4.80. The van der Waals surface area contributed by atoms with Gasteiger partial charge in [0.25, 0.3) is 5.91 Å². The summed E-state index contributed by atoms with van der Waals surface area (Å²) in [6.45, 7) is 2.84. The van der Waals surface area contributed by atoms with Crippen LogP contribution in [0.15, 0.2) is 18.2 Å². The fourth-order valence-corrected chi connectivity index (χ4v) is 2.37. The van der Waals surface area contributed by atoms with E-state index in [2.05, 4.69) is 0 Å². The molecular formula is C14H18ClNO4. The summed E-state index contributed by atoms with van der Waals surface area (Å²) in [6.07, 6.45) is -0.149. The first-order chi connectivity index (χ1) is 9.56. The predicted octanol–water partition coefficient (Wildman–Crippen LogP) is 1.87. The number of hydrogen-bond acceptors (Lipinski definition) is 4. The number of rotatable bonds is 3. The summed E-state index contributed by atoms with van der Waals surface area (Å²) in [6, 6.07) is 4.61. The molecule has 20 heavy (non-hydrogen) atoms. The monoisotopic (exact) mass is 299 g/mol. The SMILES string of the molecule is COc1ccc(C(=O)N2CC(CCl)OCC2C)cc1O. The lowest BCUT2D eigenvalue weighted by Crippen LogP contribution is -2.51. The number of phenols is 1. The minimum Gasteiger partial charge on any atom is -0.504 e. The van der Waals surface area contributed by atoms with Crippen LogP contribution in [0.1, 0.15) is 17.3 Å². The van der Waals surface area contributed by atoms with Gasteiger partial charge in [-0.3, -0.25) is 4.79 Å². The van der Waals surface area contributed by atoms with Gasteiger partial charge in [0.15, 0.2) is 11.5 Å². The van der Waals surface area contributed by atoms with Crippen molar-refractivity contribution >= 4 is 17.5 Å². The van der Waals surface area contributed by atoms with Gasteiger partial charge < -0.3 is 19.5 Å². The van der Waals surface area contributed by atoms with Gasteiger partial charge >= 0.3 is 0 Å². The van der Waals surface area contributed by atoms with E-state index in [0.29, 0.717) is 30.3 Å². The molecule has 110 valence electrons. The lowest BCUT2D eigenvalue weighted by atomic mass is 10.1. The number of halogens is 1. The molecule has 1 aromatic rings. The van der Waals surface area contributed by atoms with Crippen LogP contribution < -0.4 is 4.74 Å². The largest absolute Gasteiger partial charge is 0.504 e. The molecular weight excluding hydrogens is 282 g/mol. The normalized spacial score (nSPS) is 22.6. The summed E-state index contributed by atoms with van der Waals surface area (Å²) < 4.78 is 10.5. The fourth-order valence-electron chi connectivity index (χ4n) is 2.18. The Balaban J connectivity index is 2.19. The minimum atomic E-state index is -0.149. The maximum Gasteiger partial charge on any atom is 0.254 e. The van der Waals surface area contributed by atoms with Crippen molar-refractivity contribution in [2.45, 2.75) is 19.1 Å². The maximum absolute atomic E-state index is 12.5. The molecule has 2 rings (SSSR count). The zero-order valence-corrected chi connectivity index (χ0v) is 12.3. The topological polar surface area (TPSA) is 59.0 Å². The molecule has 0 bridgehead atoms. The van der Waals surface area contributed by atoms with Crippen LogP contribution in [-0.4, -0.2) is 54.2 Å². The number of ether oxygens (including phenoxy) is 2. The third kappa shape index (κ3) is 2.99. The molecule has 1 aliphatic rings. The Morgan fingerprint density at radius 2 is 2.35 bits per heavy atom. The predicted molar refractivity (Wildman–Crippen MR) is 75.6 cm³/mol. The van der Waals surface area contributed by atoms with Crippen LogP contribution in [0.2, 0.25) is 0 Å². The molecule has 0 aliphatic carbocycles. The van der Waals surface area contributed by atoms with Gasteiger partial charge in [0.2, 0.25) is 0 Å². The van der Waals surface area contributed by atoms with Crippen molar-refractivity contribution in [3.05, 3.63) is 23.8 Å². The average Bonchev–Trinajstić information content (AvgIpc) is 2.47. The Hall–Kier alpha value is -1.46. The standard InChI is InChI=1S/C14H18ClNO4/c1-9-8-20-11(6-15)7-16(9)14(18)10-3-4-13(19-2)12(17)5-10/h3-5,9,11,17H,6-8H2,1-2H3. The Morgan fingerprint density at radius 3 is 2.95 bits per heavy atom. The Kier molecular flexibility index (Phi) is 4.73. The van der Waals surface area contributed by atoms with E-state index in [4.69, 9.17) is 21.1 Å². The lowest BCUT2D eigenvalue weighted by molar-refractivity contribution is -0.0371. The highest BCUT2D eigenvalue weighted by molar-refractivity contribution is 6.18. The maximum atomic E-state index is 12.5. The summed E-state index contributed by atoms with van der Waals surface area (Å²) in [7, 11) is 1.46. The van der Waals surface area contributed by atoms with Gasteiger partial charge in [-0.1, -0.05) is 0 Å². The number of carbonyl (C=O) groups is 1. The molecule has 0 aromatic heterocycles. The van der Waals surface area contributed by atoms with Crippen LogP contribution in [0, 0.1) is 0 Å². The van der Waals surface area contributed by atoms with E-state index in [1.54, 1.807) is 17.0 Å². The van der Waals surface area contributed by atoms with Crippen molar-refractivity contribution < 1.29 is 19.4 Å². The number of methoxy groups -OCH3 is 1. The van der Waals surface area contributed by atoms with E-state index in [1.807, 2.05) is 6.92 Å². The number of phenolic OH excluding ortho intramolecular Hbond substituents is 1. The molecule has 0 radical (unpaired) electrons. The molecule has 1 aromatic carbocycles. The number of nitrogens with zero attached hydrogens (tertiary/aromatic N) is 1. The van der Waals surface area contributed by atoms with E-state index >= 15 is 0 Å². The van der Waals surface area contributed by atoms with Gasteiger partial charge in [-0.15, -0.1) is 11.6 Å². The molecule has 0 spiro atoms. The zero-order valence-electron chi connectivity index (χ0n) is 11.5. The molecule has 2 unspecified atom stereocenters. The van der Waals surface area contributed by atoms with Crippen molar-refractivity contribution in [3.63, 3.8) is 0 Å². The van der Waals surface area contributed by atoms with Crippen LogP contribution in [0.4, 0.5) is 0 Å². The zero-order chi connectivity index (χ0) is 14.7. The number of alkyl halides is 1. The molecule has 0 saturated carbocycles. The molecule has 1 aliphatic heterocycles. The molecule has 1 heterocycles. The summed E-state index contributed by atoms with van der Waals surface area (Å²) in [5.74, 6) is 0.502. The van der Waals surface area contributed by atoms with Crippen LogP contribution in [-0.2, 0) is 4.74 Å². The minimum absolute atomic E-state index is 0.0220. The van der Waals surface area contributed by atoms with Crippen molar-refractivity contribution in [2.75, 3.05) is 26.1 Å². The van der Waals surface area contributed by atoms with Crippen LogP contribution in [0.5, 0.6) is 11.5 Å². The van der Waals surface area contributed by atoms with Crippen molar-refractivity contribution in [1.29, 1.82) is 0 Å². The number of morpholine rings is 1. The third-order valence-corrected chi connectivity index (χ3v) is 3.71. The molecule has 5 nitrogen and oxygen atoms in total. The number of aromatic hydroxyl groups is 1. The summed E-state index contributed by atoms with van der Waals surface area (Å²) in [4.78, 5) is 14.2. The molecule has 6 heteroatoms. The van der Waals surface area contributed by atoms with Gasteiger partial charge in [-0.25, -0.2) is 0 Å². The highest BCUT2D eigenvalue weighted by Crippen LogP contribution is 2.27. The van der Waals surface area contributed by atoms with Gasteiger partial charge in [0.1, 0.15) is 0 Å². The second-order valence-corrected chi connectivity index (χ2v) is 5.11. The van der Waals surface area contributed by atoms with Crippen molar-refractivity contribution in [3.8, 4) is 11.5 Å². The van der Waals surface area contributed by atoms with Gasteiger partial charge in [0.05, 0.1) is 31.7 Å². The van der Waals surface area contributed by atoms with Crippen LogP contribution in [0.25, 0.3) is 0 Å². The van der Waals surface area contributed by atoms with E-state index in [-0.39, 0.29) is 23.8 Å². The highest BCUT2D eigenvalue weighted by atomic mass is 35.5. The number of benzene rings is 1. The third-order valence-electron chi connectivity index (χ3n) is 3.36. The molecule has 2 atom stereocenters. The average molecular weight is 300 g/mol. The quantitative estimate of drug-likeness (QED) is 0.866. The summed E-state index contributed by atoms with van der Waals surface area (Å²) in [5, 5.41) is 9.76. The Labute approximate surface area is 123 Å². The molecule has 1 N–H and O–H groups in total. The highest BCUT2D eigenvalue weighted by Gasteiger charge is 2.30. The summed E-state index contributed by atoms with van der Waals surface area (Å²) >= 11 is 5.79. The smallest absolute Gasteiger partial charge is 0.254 e. The van der Waals surface area contributed by atoms with Gasteiger partial charge in [0, 0.05) is 12.1 Å². The molecule has 1 saturated heterocycles. The fraction of sp³-hybridized carbons (Fsp3) is 0.500. The van der Waals surface area contributed by atoms with E-state index in [9.17, 15) is 9.90 Å². The van der Waals surface area contributed by atoms with Gasteiger partial charge in [-0.2, -0.15) is 0 Å². The van der Waals surface area contributed by atoms with Crippen molar-refractivity contribution in [2.24, 2.45) is 0 Å².